The first-order valence-electron chi connectivity index (χ1n) is 6.95. The lowest BCUT2D eigenvalue weighted by Gasteiger charge is -2.35. The summed E-state index contributed by atoms with van der Waals surface area (Å²) in [5, 5.41) is 4.87. The number of thiophene rings is 1. The Kier molecular flexibility index (Phi) is 4.68. The summed E-state index contributed by atoms with van der Waals surface area (Å²) >= 11 is 0.224. The third-order valence-corrected chi connectivity index (χ3v) is 5.88. The third kappa shape index (κ3) is 3.27. The van der Waals surface area contributed by atoms with Crippen molar-refractivity contribution < 1.29 is 9.00 Å². The van der Waals surface area contributed by atoms with Crippen LogP contribution in [0.5, 0.6) is 0 Å². The summed E-state index contributed by atoms with van der Waals surface area (Å²) in [5.41, 5.74) is 0.748. The molecule has 1 aromatic carbocycles. The number of carbonyl (C=O) groups is 1. The highest BCUT2D eigenvalue weighted by atomic mass is 32.2. The van der Waals surface area contributed by atoms with Gasteiger partial charge in [0.05, 0.1) is 6.04 Å². The van der Waals surface area contributed by atoms with Gasteiger partial charge in [-0.25, -0.2) is 13.2 Å². The van der Waals surface area contributed by atoms with Crippen LogP contribution in [-0.4, -0.2) is 27.5 Å². The average Bonchev–Trinajstić information content (AvgIpc) is 3.05. The van der Waals surface area contributed by atoms with E-state index in [1.54, 1.807) is 22.7 Å². The summed E-state index contributed by atoms with van der Waals surface area (Å²) in [6.45, 7) is 0. The van der Waals surface area contributed by atoms with Crippen molar-refractivity contribution in [2.45, 2.75) is 18.5 Å². The standard InChI is InChI=1S/C15H17N3O2S2/c1-18-13(15(19)16-11-6-3-2-4-7-11)10-12(17-22(18)20)14-8-5-9-21-14/h2-9,12-13,17H,10H2,1H3,(H,16,19). The number of hydrogen-bond donors (Lipinski definition) is 2. The van der Waals surface area contributed by atoms with Crippen molar-refractivity contribution in [2.75, 3.05) is 12.4 Å². The molecule has 1 saturated heterocycles. The molecule has 5 nitrogen and oxygen atoms in total. The molecule has 116 valence electrons. The minimum atomic E-state index is -1.38. The normalized spacial score (nSPS) is 25.8. The van der Waals surface area contributed by atoms with Gasteiger partial charge in [-0.05, 0) is 30.0 Å². The molecule has 0 bridgehead atoms. The predicted molar refractivity (Wildman–Crippen MR) is 89.6 cm³/mol. The van der Waals surface area contributed by atoms with E-state index in [9.17, 15) is 9.00 Å². The molecule has 22 heavy (non-hydrogen) atoms. The Morgan fingerprint density at radius 2 is 2.09 bits per heavy atom. The summed E-state index contributed by atoms with van der Waals surface area (Å²) in [5.74, 6) is -0.134. The predicted octanol–water partition coefficient (Wildman–Crippen LogP) is 2.30. The minimum absolute atomic E-state index is 0.0662. The second-order valence-electron chi connectivity index (χ2n) is 5.09. The van der Waals surface area contributed by atoms with Crippen molar-refractivity contribution in [1.82, 2.24) is 9.03 Å². The van der Waals surface area contributed by atoms with Crippen LogP contribution >= 0.6 is 11.3 Å². The number of rotatable bonds is 3. The lowest BCUT2D eigenvalue weighted by molar-refractivity contribution is -0.120. The Bertz CT molecular complexity index is 661. The van der Waals surface area contributed by atoms with Gasteiger partial charge in [0, 0.05) is 17.6 Å². The van der Waals surface area contributed by atoms with Crippen molar-refractivity contribution in [2.24, 2.45) is 0 Å². The summed E-state index contributed by atoms with van der Waals surface area (Å²) in [4.78, 5) is 13.6. The number of anilines is 1. The van der Waals surface area contributed by atoms with Gasteiger partial charge in [0.2, 0.25) is 5.91 Å². The molecule has 3 rings (SSSR count). The van der Waals surface area contributed by atoms with Crippen LogP contribution in [0.15, 0.2) is 47.8 Å². The fourth-order valence-corrected chi connectivity index (χ4v) is 4.33. The van der Waals surface area contributed by atoms with Crippen molar-refractivity contribution in [3.63, 3.8) is 0 Å². The molecule has 0 saturated carbocycles. The summed E-state index contributed by atoms with van der Waals surface area (Å²) < 4.78 is 16.8. The van der Waals surface area contributed by atoms with Crippen LogP contribution < -0.4 is 10.0 Å². The molecule has 3 atom stereocenters. The molecule has 1 fully saturated rings. The van der Waals surface area contributed by atoms with Gasteiger partial charge in [0.15, 0.2) is 11.2 Å². The maximum atomic E-state index is 12.5. The van der Waals surface area contributed by atoms with Gasteiger partial charge in [0.1, 0.15) is 6.04 Å². The van der Waals surface area contributed by atoms with Crippen LogP contribution in [0.3, 0.4) is 0 Å². The molecule has 3 unspecified atom stereocenters. The van der Waals surface area contributed by atoms with Gasteiger partial charge in [-0.15, -0.1) is 11.3 Å². The largest absolute Gasteiger partial charge is 0.325 e. The van der Waals surface area contributed by atoms with Crippen LogP contribution in [0.25, 0.3) is 0 Å². The highest BCUT2D eigenvalue weighted by Gasteiger charge is 2.36. The minimum Gasteiger partial charge on any atom is -0.325 e. The van der Waals surface area contributed by atoms with Crippen LogP contribution in [-0.2, 0) is 16.0 Å². The van der Waals surface area contributed by atoms with Gasteiger partial charge in [-0.2, -0.15) is 0 Å². The quantitative estimate of drug-likeness (QED) is 0.904. The Balaban J connectivity index is 1.75. The number of para-hydroxylation sites is 1. The molecule has 2 heterocycles. The third-order valence-electron chi connectivity index (χ3n) is 3.63. The van der Waals surface area contributed by atoms with E-state index in [0.29, 0.717) is 6.42 Å². The number of carbonyl (C=O) groups excluding carboxylic acids is 1. The molecule has 0 aliphatic carbocycles. The smallest absolute Gasteiger partial charge is 0.242 e. The number of nitrogens with one attached hydrogen (secondary N) is 2. The lowest BCUT2D eigenvalue weighted by atomic mass is 10.1. The van der Waals surface area contributed by atoms with E-state index in [0.717, 1.165) is 10.6 Å². The van der Waals surface area contributed by atoms with Crippen molar-refractivity contribution >= 4 is 34.1 Å². The fourth-order valence-electron chi connectivity index (χ4n) is 2.42. The fraction of sp³-hybridized carbons (Fsp3) is 0.267. The zero-order valence-electron chi connectivity index (χ0n) is 12.1. The lowest BCUT2D eigenvalue weighted by Crippen LogP contribution is -2.52. The van der Waals surface area contributed by atoms with E-state index in [4.69, 9.17) is 0 Å². The molecule has 1 aliphatic rings. The Morgan fingerprint density at radius 3 is 2.77 bits per heavy atom. The molecule has 0 radical (unpaired) electrons. The summed E-state index contributed by atoms with van der Waals surface area (Å²) in [6, 6.07) is 12.8. The molecule has 1 aliphatic heterocycles. The molecule has 7 heteroatoms. The van der Waals surface area contributed by atoms with Gasteiger partial charge in [0.25, 0.3) is 0 Å². The SMILES string of the molecule is CN1C(C(=O)Nc2ccccc2)CC(c2cccs2)NS1=O. The van der Waals surface area contributed by atoms with E-state index in [-0.39, 0.29) is 11.9 Å². The Hall–Kier alpha value is -1.54. The zero-order valence-corrected chi connectivity index (χ0v) is 13.7. The van der Waals surface area contributed by atoms with Crippen molar-refractivity contribution in [3.05, 3.63) is 52.7 Å². The van der Waals surface area contributed by atoms with Gasteiger partial charge in [-0.3, -0.25) is 4.79 Å². The first kappa shape index (κ1) is 15.4. The monoisotopic (exact) mass is 335 g/mol. The van der Waals surface area contributed by atoms with Crippen LogP contribution in [0.2, 0.25) is 0 Å². The van der Waals surface area contributed by atoms with E-state index < -0.39 is 17.2 Å². The van der Waals surface area contributed by atoms with Gasteiger partial charge < -0.3 is 5.32 Å². The van der Waals surface area contributed by atoms with E-state index in [1.165, 1.54) is 0 Å². The maximum absolute atomic E-state index is 12.5. The number of likely N-dealkylation sites (N-methyl/N-ethyl adjacent to an activating group) is 1. The molecular formula is C15H17N3O2S2. The highest BCUT2D eigenvalue weighted by Crippen LogP contribution is 2.29. The second kappa shape index (κ2) is 6.70. The topological polar surface area (TPSA) is 61.4 Å². The van der Waals surface area contributed by atoms with Gasteiger partial charge in [-0.1, -0.05) is 24.3 Å². The second-order valence-corrected chi connectivity index (χ2v) is 7.38. The molecule has 0 spiro atoms. The first-order chi connectivity index (χ1) is 10.6. The maximum Gasteiger partial charge on any atom is 0.242 e. The van der Waals surface area contributed by atoms with Gasteiger partial charge >= 0.3 is 0 Å². The number of nitrogens with zero attached hydrogens (tertiary/aromatic N) is 1. The molecule has 1 amide bonds. The van der Waals surface area contributed by atoms with Crippen LogP contribution in [0, 0.1) is 0 Å². The average molecular weight is 335 g/mol. The van der Waals surface area contributed by atoms with Crippen molar-refractivity contribution in [1.29, 1.82) is 0 Å². The highest BCUT2D eigenvalue weighted by molar-refractivity contribution is 7.80. The van der Waals surface area contributed by atoms with Crippen LogP contribution in [0.4, 0.5) is 5.69 Å². The molecule has 1 aromatic heterocycles. The Morgan fingerprint density at radius 1 is 1.32 bits per heavy atom. The first-order valence-corrected chi connectivity index (χ1v) is 8.94. The molecular weight excluding hydrogens is 318 g/mol. The van der Waals surface area contributed by atoms with Crippen LogP contribution in [0.1, 0.15) is 17.3 Å². The summed E-state index contributed by atoms with van der Waals surface area (Å²) in [7, 11) is 1.70. The molecule has 2 aromatic rings. The van der Waals surface area contributed by atoms with E-state index in [1.807, 2.05) is 47.8 Å². The van der Waals surface area contributed by atoms with Crippen molar-refractivity contribution in [3.8, 4) is 0 Å². The zero-order chi connectivity index (χ0) is 15.5. The van der Waals surface area contributed by atoms with E-state index >= 15 is 0 Å². The number of benzene rings is 1. The summed E-state index contributed by atoms with van der Waals surface area (Å²) in [6.07, 6.45) is 0.585. The number of amides is 1. The number of hydrogen-bond acceptors (Lipinski definition) is 3. The Labute approximate surface area is 136 Å². The molecule has 2 N–H and O–H groups in total. The van der Waals surface area contributed by atoms with E-state index in [2.05, 4.69) is 10.0 Å².